The molecule has 1 rings (SSSR count). The van der Waals surface area contributed by atoms with Gasteiger partial charge in [0, 0.05) is 12.5 Å². The Balaban J connectivity index is 2.31. The number of esters is 1. The Hall–Kier alpha value is -0.570. The van der Waals surface area contributed by atoms with Crippen LogP contribution in [0.15, 0.2) is 0 Å². The number of carbonyl (C=O) groups excluding carboxylic acids is 1. The van der Waals surface area contributed by atoms with Crippen molar-refractivity contribution in [3.63, 3.8) is 0 Å². The number of rotatable bonds is 5. The first-order valence-corrected chi connectivity index (χ1v) is 7.23. The van der Waals surface area contributed by atoms with Gasteiger partial charge in [-0.1, -0.05) is 20.8 Å². The predicted molar refractivity (Wildman–Crippen MR) is 74.2 cm³/mol. The highest BCUT2D eigenvalue weighted by molar-refractivity contribution is 5.69. The molecule has 0 aromatic heterocycles. The third-order valence-corrected chi connectivity index (χ3v) is 3.69. The van der Waals surface area contributed by atoms with Crippen LogP contribution in [0, 0.1) is 11.3 Å². The minimum absolute atomic E-state index is 0.0504. The van der Waals surface area contributed by atoms with E-state index in [0.717, 1.165) is 25.7 Å². The quantitative estimate of drug-likeness (QED) is 0.767. The van der Waals surface area contributed by atoms with Gasteiger partial charge in [0.1, 0.15) is 6.10 Å². The monoisotopic (exact) mass is 255 g/mol. The van der Waals surface area contributed by atoms with Crippen LogP contribution in [0.25, 0.3) is 0 Å². The smallest absolute Gasteiger partial charge is 0.306 e. The van der Waals surface area contributed by atoms with E-state index in [0.29, 0.717) is 17.8 Å². The fourth-order valence-corrected chi connectivity index (χ4v) is 3.16. The van der Waals surface area contributed by atoms with Crippen LogP contribution in [0.4, 0.5) is 0 Å². The van der Waals surface area contributed by atoms with E-state index in [4.69, 9.17) is 10.5 Å². The molecule has 106 valence electrons. The molecule has 3 nitrogen and oxygen atoms in total. The lowest BCUT2D eigenvalue weighted by Gasteiger charge is -2.38. The van der Waals surface area contributed by atoms with Gasteiger partial charge in [0.15, 0.2) is 0 Å². The molecule has 0 amide bonds. The van der Waals surface area contributed by atoms with Crippen LogP contribution in [0.3, 0.4) is 0 Å². The third-order valence-electron chi connectivity index (χ3n) is 3.69. The Bertz CT molecular complexity index is 274. The molecule has 1 aliphatic rings. The van der Waals surface area contributed by atoms with Crippen LogP contribution in [-0.4, -0.2) is 18.1 Å². The molecule has 3 atom stereocenters. The van der Waals surface area contributed by atoms with Crippen molar-refractivity contribution < 1.29 is 9.53 Å². The molecule has 18 heavy (non-hydrogen) atoms. The van der Waals surface area contributed by atoms with Gasteiger partial charge in [-0.05, 0) is 50.4 Å². The lowest BCUT2D eigenvalue weighted by atomic mass is 9.71. The number of carbonyl (C=O) groups is 1. The molecule has 3 heteroatoms. The molecule has 0 spiro atoms. The van der Waals surface area contributed by atoms with Crippen molar-refractivity contribution in [2.45, 2.75) is 78.4 Å². The summed E-state index contributed by atoms with van der Waals surface area (Å²) in [6, 6.07) is 0.173. The van der Waals surface area contributed by atoms with Gasteiger partial charge >= 0.3 is 5.97 Å². The number of nitrogens with two attached hydrogens (primary N) is 1. The van der Waals surface area contributed by atoms with Gasteiger partial charge < -0.3 is 10.5 Å². The first-order chi connectivity index (χ1) is 8.28. The molecule has 3 unspecified atom stereocenters. The summed E-state index contributed by atoms with van der Waals surface area (Å²) in [4.78, 5) is 11.7. The van der Waals surface area contributed by atoms with Gasteiger partial charge in [0.2, 0.25) is 0 Å². The van der Waals surface area contributed by atoms with Gasteiger partial charge in [-0.3, -0.25) is 4.79 Å². The van der Waals surface area contributed by atoms with E-state index in [1.807, 2.05) is 6.92 Å². The zero-order chi connectivity index (χ0) is 13.8. The van der Waals surface area contributed by atoms with E-state index < -0.39 is 0 Å². The molecule has 0 heterocycles. The van der Waals surface area contributed by atoms with Crippen molar-refractivity contribution >= 4 is 5.97 Å². The van der Waals surface area contributed by atoms with Crippen LogP contribution in [0.5, 0.6) is 0 Å². The van der Waals surface area contributed by atoms with Crippen molar-refractivity contribution in [3.8, 4) is 0 Å². The van der Waals surface area contributed by atoms with Gasteiger partial charge in [0.25, 0.3) is 0 Å². The first kappa shape index (κ1) is 15.5. The second-order valence-corrected chi connectivity index (χ2v) is 6.89. The van der Waals surface area contributed by atoms with Crippen LogP contribution in [-0.2, 0) is 9.53 Å². The molecule has 1 aliphatic carbocycles. The number of hydrogen-bond donors (Lipinski definition) is 1. The minimum atomic E-state index is -0.0504. The van der Waals surface area contributed by atoms with E-state index >= 15 is 0 Å². The fourth-order valence-electron chi connectivity index (χ4n) is 3.16. The van der Waals surface area contributed by atoms with Gasteiger partial charge in [-0.25, -0.2) is 0 Å². The van der Waals surface area contributed by atoms with Crippen molar-refractivity contribution in [1.29, 1.82) is 0 Å². The summed E-state index contributed by atoms with van der Waals surface area (Å²) in [6.07, 6.45) is 5.59. The summed E-state index contributed by atoms with van der Waals surface area (Å²) >= 11 is 0. The molecule has 0 saturated heterocycles. The second-order valence-electron chi connectivity index (χ2n) is 6.89. The Morgan fingerprint density at radius 2 is 2.11 bits per heavy atom. The highest BCUT2D eigenvalue weighted by Crippen LogP contribution is 2.39. The molecule has 2 N–H and O–H groups in total. The van der Waals surface area contributed by atoms with E-state index in [9.17, 15) is 4.79 Å². The maximum Gasteiger partial charge on any atom is 0.306 e. The SMILES string of the molecule is CC(N)CCCC(=O)OC1CC(C)CC(C)(C)C1. The molecule has 0 radical (unpaired) electrons. The summed E-state index contributed by atoms with van der Waals surface area (Å²) in [5.74, 6) is 0.598. The molecular formula is C15H29NO2. The Morgan fingerprint density at radius 1 is 1.44 bits per heavy atom. The summed E-state index contributed by atoms with van der Waals surface area (Å²) < 4.78 is 5.60. The van der Waals surface area contributed by atoms with Crippen molar-refractivity contribution in [2.75, 3.05) is 0 Å². The van der Waals surface area contributed by atoms with Crippen LogP contribution in [0.2, 0.25) is 0 Å². The number of hydrogen-bond acceptors (Lipinski definition) is 3. The molecule has 0 aromatic carbocycles. The normalized spacial score (nSPS) is 28.7. The minimum Gasteiger partial charge on any atom is -0.462 e. The summed E-state index contributed by atoms with van der Waals surface area (Å²) in [5.41, 5.74) is 5.96. The molecule has 0 aliphatic heterocycles. The molecular weight excluding hydrogens is 226 g/mol. The van der Waals surface area contributed by atoms with E-state index in [2.05, 4.69) is 20.8 Å². The van der Waals surface area contributed by atoms with Gasteiger partial charge in [-0.15, -0.1) is 0 Å². The average molecular weight is 255 g/mol. The Kier molecular flexibility index (Phi) is 5.64. The fraction of sp³-hybridized carbons (Fsp3) is 0.933. The van der Waals surface area contributed by atoms with E-state index in [1.165, 1.54) is 6.42 Å². The zero-order valence-corrected chi connectivity index (χ0v) is 12.4. The molecule has 0 aromatic rings. The topological polar surface area (TPSA) is 52.3 Å². The first-order valence-electron chi connectivity index (χ1n) is 7.23. The van der Waals surface area contributed by atoms with E-state index in [-0.39, 0.29) is 18.1 Å². The Labute approximate surface area is 111 Å². The average Bonchev–Trinajstić information content (AvgIpc) is 2.12. The van der Waals surface area contributed by atoms with E-state index in [1.54, 1.807) is 0 Å². The summed E-state index contributed by atoms with van der Waals surface area (Å²) in [6.45, 7) is 8.74. The predicted octanol–water partition coefficient (Wildman–Crippen LogP) is 3.26. The molecule has 1 saturated carbocycles. The summed E-state index contributed by atoms with van der Waals surface area (Å²) in [7, 11) is 0. The lowest BCUT2D eigenvalue weighted by Crippen LogP contribution is -2.34. The van der Waals surface area contributed by atoms with Crippen molar-refractivity contribution in [3.05, 3.63) is 0 Å². The lowest BCUT2D eigenvalue weighted by molar-refractivity contribution is -0.153. The van der Waals surface area contributed by atoms with Crippen molar-refractivity contribution in [2.24, 2.45) is 17.1 Å². The third kappa shape index (κ3) is 5.85. The Morgan fingerprint density at radius 3 is 2.67 bits per heavy atom. The maximum atomic E-state index is 11.7. The van der Waals surface area contributed by atoms with Crippen LogP contribution < -0.4 is 5.73 Å². The van der Waals surface area contributed by atoms with Gasteiger partial charge in [-0.2, -0.15) is 0 Å². The zero-order valence-electron chi connectivity index (χ0n) is 12.4. The van der Waals surface area contributed by atoms with Crippen molar-refractivity contribution in [1.82, 2.24) is 0 Å². The van der Waals surface area contributed by atoms with Crippen LogP contribution >= 0.6 is 0 Å². The summed E-state index contributed by atoms with van der Waals surface area (Å²) in [5, 5.41) is 0. The second kappa shape index (κ2) is 6.55. The largest absolute Gasteiger partial charge is 0.462 e. The van der Waals surface area contributed by atoms with Gasteiger partial charge in [0.05, 0.1) is 0 Å². The van der Waals surface area contributed by atoms with Crippen LogP contribution in [0.1, 0.15) is 66.2 Å². The maximum absolute atomic E-state index is 11.7. The highest BCUT2D eigenvalue weighted by atomic mass is 16.5. The molecule has 1 fully saturated rings. The number of ether oxygens (including phenoxy) is 1. The highest BCUT2D eigenvalue weighted by Gasteiger charge is 2.33. The molecule has 0 bridgehead atoms. The standard InChI is InChI=1S/C15H29NO2/c1-11-8-13(10-15(3,4)9-11)18-14(17)7-5-6-12(2)16/h11-13H,5-10,16H2,1-4H3.